The molecule has 4 heteroatoms. The Morgan fingerprint density at radius 2 is 1.90 bits per heavy atom. The number of fused-ring (bicyclic) bond motifs is 4. The molecule has 94 valence electrons. The number of benzene rings is 2. The zero-order valence-electron chi connectivity index (χ0n) is 10.8. The first-order chi connectivity index (χ1) is 9.78. The fourth-order valence-corrected chi connectivity index (χ4v) is 2.61. The van der Waals surface area contributed by atoms with Crippen LogP contribution in [-0.2, 0) is 7.05 Å². The number of para-hydroxylation sites is 1. The van der Waals surface area contributed by atoms with Crippen molar-refractivity contribution in [3.63, 3.8) is 0 Å². The van der Waals surface area contributed by atoms with Crippen molar-refractivity contribution in [2.45, 2.75) is 0 Å². The van der Waals surface area contributed by atoms with Gasteiger partial charge in [-0.2, -0.15) is 5.26 Å². The molecule has 0 fully saturated rings. The molecule has 0 unspecified atom stereocenters. The second-order valence-corrected chi connectivity index (χ2v) is 4.79. The van der Waals surface area contributed by atoms with Gasteiger partial charge in [0.25, 0.3) is 0 Å². The number of aryl methyl sites for hydroxylation is 1. The third-order valence-electron chi connectivity index (χ3n) is 3.61. The molecule has 2 aromatic carbocycles. The molecule has 0 aliphatic heterocycles. The Balaban J connectivity index is 2.23. The summed E-state index contributed by atoms with van der Waals surface area (Å²) in [6.45, 7) is 0. The summed E-state index contributed by atoms with van der Waals surface area (Å²) in [5, 5.41) is 10.1. The molecule has 0 aliphatic carbocycles. The van der Waals surface area contributed by atoms with E-state index in [9.17, 15) is 0 Å². The van der Waals surface area contributed by atoms with Crippen molar-refractivity contribution in [3.05, 3.63) is 48.0 Å². The molecule has 0 spiro atoms. The van der Waals surface area contributed by atoms with Crippen LogP contribution in [0.2, 0.25) is 0 Å². The second kappa shape index (κ2) is 3.78. The highest BCUT2D eigenvalue weighted by Crippen LogP contribution is 2.27. The third kappa shape index (κ3) is 1.35. The minimum Gasteiger partial charge on any atom is -0.327 e. The first kappa shape index (κ1) is 10.9. The molecular formula is C16H10N4. The average molecular weight is 258 g/mol. The van der Waals surface area contributed by atoms with Gasteiger partial charge in [-0.1, -0.05) is 18.2 Å². The number of nitrogens with zero attached hydrogens (tertiary/aromatic N) is 4. The van der Waals surface area contributed by atoms with Gasteiger partial charge >= 0.3 is 0 Å². The Morgan fingerprint density at radius 1 is 1.05 bits per heavy atom. The number of rotatable bonds is 0. The number of hydrogen-bond donors (Lipinski definition) is 0. The van der Waals surface area contributed by atoms with E-state index in [1.165, 1.54) is 0 Å². The topological polar surface area (TPSA) is 54.5 Å². The van der Waals surface area contributed by atoms with E-state index in [4.69, 9.17) is 10.2 Å². The Labute approximate surface area is 114 Å². The van der Waals surface area contributed by atoms with E-state index in [-0.39, 0.29) is 0 Å². The number of aromatic nitrogens is 3. The van der Waals surface area contributed by atoms with Crippen molar-refractivity contribution in [1.82, 2.24) is 14.5 Å². The highest BCUT2D eigenvalue weighted by Gasteiger charge is 2.11. The molecule has 4 nitrogen and oxygen atoms in total. The average Bonchev–Trinajstić information content (AvgIpc) is 2.78. The third-order valence-corrected chi connectivity index (χ3v) is 3.61. The highest BCUT2D eigenvalue weighted by atomic mass is 15.0. The number of hydrogen-bond acceptors (Lipinski definition) is 3. The highest BCUT2D eigenvalue weighted by molar-refractivity contribution is 6.06. The van der Waals surface area contributed by atoms with Crippen LogP contribution in [-0.4, -0.2) is 14.5 Å². The van der Waals surface area contributed by atoms with Crippen LogP contribution in [0.5, 0.6) is 0 Å². The van der Waals surface area contributed by atoms with Crippen LogP contribution in [0.15, 0.2) is 42.5 Å². The largest absolute Gasteiger partial charge is 0.327 e. The number of nitriles is 1. The molecule has 0 aliphatic rings. The second-order valence-electron chi connectivity index (χ2n) is 4.79. The maximum atomic E-state index is 8.98. The zero-order chi connectivity index (χ0) is 13.7. The van der Waals surface area contributed by atoms with Gasteiger partial charge in [-0.05, 0) is 24.3 Å². The van der Waals surface area contributed by atoms with Crippen LogP contribution in [0.1, 0.15) is 5.56 Å². The van der Waals surface area contributed by atoms with Crippen molar-refractivity contribution in [2.75, 3.05) is 0 Å². The van der Waals surface area contributed by atoms with E-state index < -0.39 is 0 Å². The fraction of sp³-hybridized carbons (Fsp3) is 0.0625. The van der Waals surface area contributed by atoms with Crippen molar-refractivity contribution in [2.24, 2.45) is 7.05 Å². The summed E-state index contributed by atoms with van der Waals surface area (Å²) in [7, 11) is 1.99. The van der Waals surface area contributed by atoms with Gasteiger partial charge in [0.15, 0.2) is 5.65 Å². The molecule has 0 saturated carbocycles. The van der Waals surface area contributed by atoms with Crippen LogP contribution < -0.4 is 0 Å². The maximum Gasteiger partial charge on any atom is 0.160 e. The normalized spacial score (nSPS) is 11.2. The lowest BCUT2D eigenvalue weighted by molar-refractivity contribution is 0.992. The molecule has 0 bridgehead atoms. The molecule has 0 amide bonds. The van der Waals surface area contributed by atoms with Crippen LogP contribution in [0.25, 0.3) is 33.1 Å². The van der Waals surface area contributed by atoms with E-state index in [2.05, 4.69) is 23.2 Å². The molecule has 2 aromatic heterocycles. The van der Waals surface area contributed by atoms with E-state index in [0.29, 0.717) is 5.56 Å². The van der Waals surface area contributed by atoms with Crippen LogP contribution in [0.3, 0.4) is 0 Å². The van der Waals surface area contributed by atoms with E-state index in [0.717, 1.165) is 33.1 Å². The lowest BCUT2D eigenvalue weighted by Crippen LogP contribution is -1.92. The van der Waals surface area contributed by atoms with E-state index in [1.54, 1.807) is 12.1 Å². The SMILES string of the molecule is Cn1c2ccccc2c2nc3ccc(C#N)cc3nc21. The summed E-state index contributed by atoms with van der Waals surface area (Å²) in [5.41, 5.74) is 5.02. The van der Waals surface area contributed by atoms with Gasteiger partial charge in [-0.25, -0.2) is 9.97 Å². The van der Waals surface area contributed by atoms with E-state index in [1.807, 2.05) is 29.8 Å². The smallest absolute Gasteiger partial charge is 0.160 e. The van der Waals surface area contributed by atoms with Crippen LogP contribution >= 0.6 is 0 Å². The Kier molecular flexibility index (Phi) is 2.07. The Hall–Kier alpha value is -2.93. The molecule has 0 N–H and O–H groups in total. The molecule has 2 heterocycles. The molecule has 20 heavy (non-hydrogen) atoms. The minimum atomic E-state index is 0.602. The lowest BCUT2D eigenvalue weighted by atomic mass is 10.2. The summed E-state index contributed by atoms with van der Waals surface area (Å²) in [5.74, 6) is 0. The van der Waals surface area contributed by atoms with Crippen molar-refractivity contribution < 1.29 is 0 Å². The summed E-state index contributed by atoms with van der Waals surface area (Å²) in [6.07, 6.45) is 0. The lowest BCUT2D eigenvalue weighted by Gasteiger charge is -1.99. The quantitative estimate of drug-likeness (QED) is 0.487. The van der Waals surface area contributed by atoms with Gasteiger partial charge in [0.2, 0.25) is 0 Å². The zero-order valence-corrected chi connectivity index (χ0v) is 10.8. The van der Waals surface area contributed by atoms with Gasteiger partial charge in [-0.3, -0.25) is 0 Å². The van der Waals surface area contributed by atoms with Crippen molar-refractivity contribution in [1.29, 1.82) is 5.26 Å². The summed E-state index contributed by atoms with van der Waals surface area (Å²) < 4.78 is 2.04. The maximum absolute atomic E-state index is 8.98. The van der Waals surface area contributed by atoms with E-state index >= 15 is 0 Å². The Morgan fingerprint density at radius 3 is 2.75 bits per heavy atom. The standard InChI is InChI=1S/C16H10N4/c1-20-14-5-3-2-4-11(14)15-16(20)19-13-8-10(9-17)6-7-12(13)18-15/h2-8H,1H3. The molecule has 0 atom stereocenters. The first-order valence-electron chi connectivity index (χ1n) is 6.33. The van der Waals surface area contributed by atoms with Gasteiger partial charge in [0.05, 0.1) is 28.2 Å². The fourth-order valence-electron chi connectivity index (χ4n) is 2.61. The van der Waals surface area contributed by atoms with Gasteiger partial charge in [0.1, 0.15) is 5.52 Å². The molecule has 0 saturated heterocycles. The summed E-state index contributed by atoms with van der Waals surface area (Å²) in [4.78, 5) is 9.38. The molecular weight excluding hydrogens is 248 g/mol. The monoisotopic (exact) mass is 258 g/mol. The minimum absolute atomic E-state index is 0.602. The predicted molar refractivity (Wildman–Crippen MR) is 78.2 cm³/mol. The molecule has 4 aromatic rings. The summed E-state index contributed by atoms with van der Waals surface area (Å²) in [6, 6.07) is 15.7. The molecule has 0 radical (unpaired) electrons. The van der Waals surface area contributed by atoms with Gasteiger partial charge < -0.3 is 4.57 Å². The Bertz CT molecular complexity index is 1020. The van der Waals surface area contributed by atoms with Crippen LogP contribution in [0.4, 0.5) is 0 Å². The van der Waals surface area contributed by atoms with Gasteiger partial charge in [-0.15, -0.1) is 0 Å². The molecule has 4 rings (SSSR count). The van der Waals surface area contributed by atoms with Gasteiger partial charge in [0, 0.05) is 12.4 Å². The van der Waals surface area contributed by atoms with Crippen molar-refractivity contribution >= 4 is 33.1 Å². The first-order valence-corrected chi connectivity index (χ1v) is 6.33. The predicted octanol–water partition coefficient (Wildman–Crippen LogP) is 3.15. The summed E-state index contributed by atoms with van der Waals surface area (Å²) >= 11 is 0. The van der Waals surface area contributed by atoms with Crippen molar-refractivity contribution in [3.8, 4) is 6.07 Å². The van der Waals surface area contributed by atoms with Crippen LogP contribution in [0, 0.1) is 11.3 Å².